The van der Waals surface area contributed by atoms with Crippen molar-refractivity contribution in [2.75, 3.05) is 10.2 Å². The van der Waals surface area contributed by atoms with Gasteiger partial charge >= 0.3 is 5.97 Å². The Kier molecular flexibility index (Phi) is 4.48. The summed E-state index contributed by atoms with van der Waals surface area (Å²) in [6.45, 7) is 0. The maximum absolute atomic E-state index is 12.6. The fraction of sp³-hybridized carbons (Fsp3) is 0. The van der Waals surface area contributed by atoms with Crippen LogP contribution >= 0.6 is 23.2 Å². The molecule has 2 aromatic rings. The molecule has 0 saturated carbocycles. The number of hydrogen-bond donors (Lipinski definition) is 2. The number of carboxylic acids is 1. The van der Waals surface area contributed by atoms with Crippen LogP contribution in [-0.2, 0) is 9.59 Å². The second-order valence-electron chi connectivity index (χ2n) is 5.10. The van der Waals surface area contributed by atoms with Gasteiger partial charge in [-0.3, -0.25) is 9.59 Å². The van der Waals surface area contributed by atoms with Crippen molar-refractivity contribution in [3.05, 3.63) is 69.8 Å². The van der Waals surface area contributed by atoms with E-state index in [9.17, 15) is 14.4 Å². The summed E-state index contributed by atoms with van der Waals surface area (Å²) in [7, 11) is 0. The first-order chi connectivity index (χ1) is 11.9. The number of imide groups is 1. The minimum absolute atomic E-state index is 0.0291. The highest BCUT2D eigenvalue weighted by molar-refractivity contribution is 6.53. The summed E-state index contributed by atoms with van der Waals surface area (Å²) in [6, 6.07) is 12.2. The van der Waals surface area contributed by atoms with E-state index in [1.54, 1.807) is 24.3 Å². The summed E-state index contributed by atoms with van der Waals surface area (Å²) in [4.78, 5) is 36.9. The van der Waals surface area contributed by atoms with Gasteiger partial charge in [0.2, 0.25) is 0 Å². The fourth-order valence-electron chi connectivity index (χ4n) is 2.34. The molecular formula is C17H10Cl2N2O4. The van der Waals surface area contributed by atoms with E-state index in [0.29, 0.717) is 5.69 Å². The molecule has 2 aromatic carbocycles. The van der Waals surface area contributed by atoms with Crippen molar-refractivity contribution in [3.8, 4) is 0 Å². The van der Waals surface area contributed by atoms with Gasteiger partial charge in [-0.25, -0.2) is 9.69 Å². The molecule has 0 aromatic heterocycles. The van der Waals surface area contributed by atoms with E-state index in [-0.39, 0.29) is 27.0 Å². The largest absolute Gasteiger partial charge is 0.478 e. The number of para-hydroxylation sites is 1. The standard InChI is InChI=1S/C17H10Cl2N2O4/c18-11-6-1-2-7-12(11)21-15(22)13(19)14(16(21)23)20-10-5-3-4-9(8-10)17(24)25/h1-8,20H,(H,24,25). The Labute approximate surface area is 152 Å². The number of aromatic carboxylic acids is 1. The van der Waals surface area contributed by atoms with E-state index in [1.165, 1.54) is 24.3 Å². The van der Waals surface area contributed by atoms with Crippen molar-refractivity contribution in [3.63, 3.8) is 0 Å². The Balaban J connectivity index is 1.94. The molecule has 0 spiro atoms. The Hall–Kier alpha value is -2.83. The summed E-state index contributed by atoms with van der Waals surface area (Å²) >= 11 is 12.1. The first kappa shape index (κ1) is 17.0. The normalized spacial score (nSPS) is 14.2. The van der Waals surface area contributed by atoms with Gasteiger partial charge in [-0.15, -0.1) is 0 Å². The van der Waals surface area contributed by atoms with Crippen molar-refractivity contribution in [1.29, 1.82) is 0 Å². The molecule has 0 unspecified atom stereocenters. The number of nitrogens with one attached hydrogen (secondary N) is 1. The third kappa shape index (κ3) is 3.09. The van der Waals surface area contributed by atoms with Gasteiger partial charge in [-0.2, -0.15) is 0 Å². The number of anilines is 2. The van der Waals surface area contributed by atoms with E-state index in [2.05, 4.69) is 5.32 Å². The molecule has 25 heavy (non-hydrogen) atoms. The van der Waals surface area contributed by atoms with Crippen LogP contribution in [0.3, 0.4) is 0 Å². The average Bonchev–Trinajstić information content (AvgIpc) is 2.80. The van der Waals surface area contributed by atoms with E-state index >= 15 is 0 Å². The topological polar surface area (TPSA) is 86.7 Å². The molecule has 0 aliphatic carbocycles. The second kappa shape index (κ2) is 6.58. The van der Waals surface area contributed by atoms with Crippen molar-refractivity contribution < 1.29 is 19.5 Å². The third-order valence-corrected chi connectivity index (χ3v) is 4.17. The van der Waals surface area contributed by atoms with Gasteiger partial charge in [0.15, 0.2) is 0 Å². The number of halogens is 2. The minimum Gasteiger partial charge on any atom is -0.478 e. The number of benzene rings is 2. The fourth-order valence-corrected chi connectivity index (χ4v) is 2.77. The molecular weight excluding hydrogens is 367 g/mol. The molecule has 2 amide bonds. The molecule has 1 aliphatic rings. The summed E-state index contributed by atoms with van der Waals surface area (Å²) < 4.78 is 0. The van der Waals surface area contributed by atoms with Crippen molar-refractivity contribution in [2.45, 2.75) is 0 Å². The first-order valence-electron chi connectivity index (χ1n) is 7.03. The predicted octanol–water partition coefficient (Wildman–Crippen LogP) is 3.47. The van der Waals surface area contributed by atoms with Gasteiger partial charge in [0, 0.05) is 5.69 Å². The maximum Gasteiger partial charge on any atom is 0.335 e. The van der Waals surface area contributed by atoms with E-state index in [0.717, 1.165) is 4.90 Å². The number of carbonyl (C=O) groups is 3. The number of rotatable bonds is 4. The van der Waals surface area contributed by atoms with Crippen LogP contribution in [0.4, 0.5) is 11.4 Å². The monoisotopic (exact) mass is 376 g/mol. The molecule has 3 rings (SSSR count). The van der Waals surface area contributed by atoms with Gasteiger partial charge in [-0.05, 0) is 30.3 Å². The zero-order valence-corrected chi connectivity index (χ0v) is 14.0. The van der Waals surface area contributed by atoms with Gasteiger partial charge in [0.1, 0.15) is 10.7 Å². The molecule has 8 heteroatoms. The van der Waals surface area contributed by atoms with Crippen LogP contribution < -0.4 is 10.2 Å². The van der Waals surface area contributed by atoms with Gasteiger partial charge in [-0.1, -0.05) is 41.4 Å². The average molecular weight is 377 g/mol. The molecule has 126 valence electrons. The lowest BCUT2D eigenvalue weighted by molar-refractivity contribution is -0.120. The van der Waals surface area contributed by atoms with E-state index in [1.807, 2.05) is 0 Å². The number of hydrogen-bond acceptors (Lipinski definition) is 4. The minimum atomic E-state index is -1.12. The number of amides is 2. The van der Waals surface area contributed by atoms with Gasteiger partial charge in [0.25, 0.3) is 11.8 Å². The zero-order chi connectivity index (χ0) is 18.1. The maximum atomic E-state index is 12.6. The van der Waals surface area contributed by atoms with Crippen LogP contribution in [0.25, 0.3) is 0 Å². The lowest BCUT2D eigenvalue weighted by atomic mass is 10.2. The Morgan fingerprint density at radius 1 is 1.00 bits per heavy atom. The highest BCUT2D eigenvalue weighted by atomic mass is 35.5. The summed E-state index contributed by atoms with van der Waals surface area (Å²) in [5.74, 6) is -2.50. The van der Waals surface area contributed by atoms with Crippen molar-refractivity contribution >= 4 is 52.4 Å². The Morgan fingerprint density at radius 3 is 2.40 bits per heavy atom. The summed E-state index contributed by atoms with van der Waals surface area (Å²) in [5, 5.41) is 11.7. The number of carbonyl (C=O) groups excluding carboxylic acids is 2. The van der Waals surface area contributed by atoms with E-state index in [4.69, 9.17) is 28.3 Å². The highest BCUT2D eigenvalue weighted by Gasteiger charge is 2.39. The van der Waals surface area contributed by atoms with E-state index < -0.39 is 17.8 Å². The molecule has 0 radical (unpaired) electrons. The van der Waals surface area contributed by atoms with Crippen molar-refractivity contribution in [2.24, 2.45) is 0 Å². The zero-order valence-electron chi connectivity index (χ0n) is 12.5. The van der Waals surface area contributed by atoms with Crippen LogP contribution in [0.5, 0.6) is 0 Å². The van der Waals surface area contributed by atoms with Crippen LogP contribution in [0.2, 0.25) is 5.02 Å². The van der Waals surface area contributed by atoms with Crippen LogP contribution in [0, 0.1) is 0 Å². The third-order valence-electron chi connectivity index (χ3n) is 3.50. The number of nitrogens with zero attached hydrogens (tertiary/aromatic N) is 1. The molecule has 1 aliphatic heterocycles. The molecule has 0 bridgehead atoms. The summed E-state index contributed by atoms with van der Waals surface area (Å²) in [6.07, 6.45) is 0. The summed E-state index contributed by atoms with van der Waals surface area (Å²) in [5.41, 5.74) is 0.416. The number of carboxylic acid groups (broad SMARTS) is 1. The predicted molar refractivity (Wildman–Crippen MR) is 93.8 cm³/mol. The van der Waals surface area contributed by atoms with Gasteiger partial charge in [0.05, 0.1) is 16.3 Å². The lowest BCUT2D eigenvalue weighted by Gasteiger charge is -2.16. The first-order valence-corrected chi connectivity index (χ1v) is 7.79. The van der Waals surface area contributed by atoms with Crippen LogP contribution in [0.15, 0.2) is 59.3 Å². The molecule has 0 saturated heterocycles. The van der Waals surface area contributed by atoms with Gasteiger partial charge < -0.3 is 10.4 Å². The van der Waals surface area contributed by atoms with Crippen LogP contribution in [-0.4, -0.2) is 22.9 Å². The molecule has 0 fully saturated rings. The lowest BCUT2D eigenvalue weighted by Crippen LogP contribution is -2.32. The SMILES string of the molecule is O=C(O)c1cccc(NC2=C(Cl)C(=O)N(c3ccccc3Cl)C2=O)c1. The van der Waals surface area contributed by atoms with Crippen LogP contribution in [0.1, 0.15) is 10.4 Å². The smallest absolute Gasteiger partial charge is 0.335 e. The molecule has 6 nitrogen and oxygen atoms in total. The molecule has 1 heterocycles. The van der Waals surface area contributed by atoms with Crippen molar-refractivity contribution in [1.82, 2.24) is 0 Å². The Bertz CT molecular complexity index is 940. The molecule has 0 atom stereocenters. The highest BCUT2D eigenvalue weighted by Crippen LogP contribution is 2.34. The Morgan fingerprint density at radius 2 is 1.72 bits per heavy atom. The molecule has 2 N–H and O–H groups in total. The second-order valence-corrected chi connectivity index (χ2v) is 5.88. The quantitative estimate of drug-likeness (QED) is 0.797.